The van der Waals surface area contributed by atoms with Gasteiger partial charge < -0.3 is 29.2 Å². The maximum atomic E-state index is 13.6. The number of thioether (sulfide) groups is 1. The van der Waals surface area contributed by atoms with Gasteiger partial charge in [-0.3, -0.25) is 9.79 Å². The third-order valence-corrected chi connectivity index (χ3v) is 6.95. The van der Waals surface area contributed by atoms with Crippen LogP contribution in [0.25, 0.3) is 6.08 Å². The number of amidine groups is 1. The van der Waals surface area contributed by atoms with Crippen LogP contribution >= 0.6 is 11.8 Å². The number of aliphatic imine (C=N–C) groups is 1. The summed E-state index contributed by atoms with van der Waals surface area (Å²) in [5, 5.41) is 12.0. The first-order chi connectivity index (χ1) is 20.3. The molecule has 2 aromatic carbocycles. The minimum absolute atomic E-state index is 0.0125. The van der Waals surface area contributed by atoms with Gasteiger partial charge in [0.15, 0.2) is 16.7 Å². The molecule has 0 radical (unpaired) electrons. The van der Waals surface area contributed by atoms with E-state index in [1.165, 1.54) is 25.3 Å². The number of hydrogen-bond acceptors (Lipinski definition) is 9. The Hall–Kier alpha value is -4.22. The molecule has 2 heterocycles. The highest BCUT2D eigenvalue weighted by molar-refractivity contribution is 8.18. The average molecular weight is 619 g/mol. The summed E-state index contributed by atoms with van der Waals surface area (Å²) >= 11 is 1.11. The molecule has 4 rings (SSSR count). The van der Waals surface area contributed by atoms with E-state index in [9.17, 15) is 22.8 Å². The Balaban J connectivity index is 1.43. The van der Waals surface area contributed by atoms with Gasteiger partial charge >= 0.3 is 12.3 Å². The van der Waals surface area contributed by atoms with E-state index in [1.807, 2.05) is 0 Å². The zero-order valence-corrected chi connectivity index (χ0v) is 24.6. The summed E-state index contributed by atoms with van der Waals surface area (Å²) in [4.78, 5) is 31.3. The van der Waals surface area contributed by atoms with Crippen molar-refractivity contribution in [2.75, 3.05) is 33.4 Å². The Morgan fingerprint density at radius 1 is 1.21 bits per heavy atom. The number of carbonyl (C=O) groups excluding carboxylic acids is 2. The molecule has 2 saturated heterocycles. The molecule has 43 heavy (non-hydrogen) atoms. The molecular weight excluding hydrogens is 589 g/mol. The number of nitrogens with one attached hydrogen (secondary N) is 1. The minimum atomic E-state index is -4.74. The highest BCUT2D eigenvalue weighted by Gasteiger charge is 2.35. The summed E-state index contributed by atoms with van der Waals surface area (Å²) in [6.45, 7) is 6.64. The standard InChI is InChI=1S/C29H29F3N4O6S/c1-28(2,3)42-27(38)36-9-10-40-19(16-36)15-34-26-35-25(37)24(43-26)13-17-5-8-22(23(12-17)39-4)41-21-7-6-18(14-33)11-20(21)29(30,31)32/h5-8,11-13,19H,9-10,15-16H2,1-4H3,(H,34,35,37). The van der Waals surface area contributed by atoms with Gasteiger partial charge in [-0.05, 0) is 74.5 Å². The van der Waals surface area contributed by atoms with Crippen LogP contribution in [0.4, 0.5) is 18.0 Å². The maximum Gasteiger partial charge on any atom is 0.420 e. The predicted molar refractivity (Wildman–Crippen MR) is 153 cm³/mol. The third-order valence-electron chi connectivity index (χ3n) is 6.00. The number of amides is 2. The van der Waals surface area contributed by atoms with Gasteiger partial charge in [-0.2, -0.15) is 18.4 Å². The molecule has 1 unspecified atom stereocenters. The van der Waals surface area contributed by atoms with Gasteiger partial charge in [-0.15, -0.1) is 0 Å². The van der Waals surface area contributed by atoms with Crippen molar-refractivity contribution >= 4 is 35.0 Å². The normalized spacial score (nSPS) is 19.3. The fourth-order valence-electron chi connectivity index (χ4n) is 4.05. The van der Waals surface area contributed by atoms with Gasteiger partial charge in [0, 0.05) is 6.54 Å². The highest BCUT2D eigenvalue weighted by atomic mass is 32.2. The lowest BCUT2D eigenvalue weighted by atomic mass is 10.1. The average Bonchev–Trinajstić information content (AvgIpc) is 3.30. The van der Waals surface area contributed by atoms with Crippen LogP contribution in [0.2, 0.25) is 0 Å². The lowest BCUT2D eigenvalue weighted by molar-refractivity contribution is -0.138. The van der Waals surface area contributed by atoms with Crippen molar-refractivity contribution < 1.29 is 41.7 Å². The van der Waals surface area contributed by atoms with Crippen LogP contribution < -0.4 is 14.8 Å². The summed E-state index contributed by atoms with van der Waals surface area (Å²) in [6.07, 6.45) is -3.96. The molecule has 0 aromatic heterocycles. The lowest BCUT2D eigenvalue weighted by Crippen LogP contribution is -2.48. The molecule has 2 amide bonds. The number of morpholine rings is 1. The van der Waals surface area contributed by atoms with Crippen LogP contribution in [-0.2, 0) is 20.4 Å². The minimum Gasteiger partial charge on any atom is -0.493 e. The number of nitrogens with zero attached hydrogens (tertiary/aromatic N) is 3. The van der Waals surface area contributed by atoms with E-state index in [1.54, 1.807) is 43.9 Å². The zero-order chi connectivity index (χ0) is 31.4. The molecule has 2 aromatic rings. The highest BCUT2D eigenvalue weighted by Crippen LogP contribution is 2.41. The van der Waals surface area contributed by atoms with Crippen LogP contribution in [0.5, 0.6) is 17.2 Å². The van der Waals surface area contributed by atoms with E-state index >= 15 is 0 Å². The van der Waals surface area contributed by atoms with Crippen molar-refractivity contribution in [2.45, 2.75) is 38.7 Å². The largest absolute Gasteiger partial charge is 0.493 e. The van der Waals surface area contributed by atoms with Crippen molar-refractivity contribution in [3.05, 3.63) is 58.0 Å². The van der Waals surface area contributed by atoms with E-state index in [0.717, 1.165) is 17.8 Å². The van der Waals surface area contributed by atoms with Crippen LogP contribution in [-0.4, -0.2) is 67.1 Å². The van der Waals surface area contributed by atoms with E-state index in [4.69, 9.17) is 24.2 Å². The molecule has 0 bridgehead atoms. The second kappa shape index (κ2) is 13.0. The molecule has 2 fully saturated rings. The summed E-state index contributed by atoms with van der Waals surface area (Å²) in [6, 6.07) is 9.20. The number of benzene rings is 2. The first-order valence-corrected chi connectivity index (χ1v) is 13.9. The van der Waals surface area contributed by atoms with Gasteiger partial charge in [-0.1, -0.05) is 6.07 Å². The molecule has 14 heteroatoms. The Labute approximate surface area is 250 Å². The van der Waals surface area contributed by atoms with Crippen molar-refractivity contribution in [2.24, 2.45) is 4.99 Å². The Kier molecular flexibility index (Phi) is 9.56. The third kappa shape index (κ3) is 8.42. The van der Waals surface area contributed by atoms with E-state index in [2.05, 4.69) is 10.3 Å². The first-order valence-electron chi connectivity index (χ1n) is 13.1. The number of nitriles is 1. The van der Waals surface area contributed by atoms with Crippen molar-refractivity contribution in [1.29, 1.82) is 5.26 Å². The van der Waals surface area contributed by atoms with Gasteiger partial charge in [0.2, 0.25) is 0 Å². The molecule has 2 aliphatic heterocycles. The molecule has 2 aliphatic rings. The second-order valence-electron chi connectivity index (χ2n) is 10.5. The number of halogens is 3. The Bertz CT molecular complexity index is 1500. The van der Waals surface area contributed by atoms with Crippen molar-refractivity contribution in [3.63, 3.8) is 0 Å². The topological polar surface area (TPSA) is 122 Å². The zero-order valence-electron chi connectivity index (χ0n) is 23.8. The molecular formula is C29H29F3N4O6S. The van der Waals surface area contributed by atoms with Crippen molar-refractivity contribution in [3.8, 4) is 23.3 Å². The number of carbonyl (C=O) groups is 2. The lowest BCUT2D eigenvalue weighted by Gasteiger charge is -2.33. The van der Waals surface area contributed by atoms with E-state index in [-0.39, 0.29) is 35.6 Å². The molecule has 0 aliphatic carbocycles. The smallest absolute Gasteiger partial charge is 0.420 e. The van der Waals surface area contributed by atoms with Crippen LogP contribution in [0, 0.1) is 11.3 Å². The molecule has 10 nitrogen and oxygen atoms in total. The van der Waals surface area contributed by atoms with Gasteiger partial charge in [0.25, 0.3) is 5.91 Å². The monoisotopic (exact) mass is 618 g/mol. The van der Waals surface area contributed by atoms with Gasteiger partial charge in [-0.25, -0.2) is 4.79 Å². The number of rotatable bonds is 6. The fourth-order valence-corrected chi connectivity index (χ4v) is 4.88. The second-order valence-corrected chi connectivity index (χ2v) is 11.5. The van der Waals surface area contributed by atoms with Gasteiger partial charge in [0.05, 0.1) is 55.0 Å². The molecule has 0 spiro atoms. The molecule has 1 N–H and O–H groups in total. The SMILES string of the molecule is COc1cc(C=C2SC(=NCC3CN(C(=O)OC(C)(C)C)CCO3)NC2=O)ccc1Oc1ccc(C#N)cc1C(F)(F)F. The van der Waals surface area contributed by atoms with Crippen LogP contribution in [0.15, 0.2) is 46.3 Å². The molecule has 0 saturated carbocycles. The van der Waals surface area contributed by atoms with Gasteiger partial charge in [0.1, 0.15) is 11.4 Å². The number of hydrogen-bond donors (Lipinski definition) is 1. The van der Waals surface area contributed by atoms with Crippen LogP contribution in [0.1, 0.15) is 37.5 Å². The Morgan fingerprint density at radius 2 is 1.95 bits per heavy atom. The summed E-state index contributed by atoms with van der Waals surface area (Å²) in [5.74, 6) is -0.722. The number of methoxy groups -OCH3 is 1. The summed E-state index contributed by atoms with van der Waals surface area (Å²) in [7, 11) is 1.33. The summed E-state index contributed by atoms with van der Waals surface area (Å²) in [5.41, 5.74) is -1.33. The quantitative estimate of drug-likeness (QED) is 0.417. The van der Waals surface area contributed by atoms with E-state index in [0.29, 0.717) is 41.4 Å². The van der Waals surface area contributed by atoms with Crippen molar-refractivity contribution in [1.82, 2.24) is 10.2 Å². The van der Waals surface area contributed by atoms with Crippen LogP contribution in [0.3, 0.4) is 0 Å². The predicted octanol–water partition coefficient (Wildman–Crippen LogP) is 5.57. The summed E-state index contributed by atoms with van der Waals surface area (Å²) < 4.78 is 62.7. The maximum absolute atomic E-state index is 13.6. The first kappa shape index (κ1) is 31.7. The fraction of sp³-hybridized carbons (Fsp3) is 0.379. The molecule has 228 valence electrons. The molecule has 1 atom stereocenters. The van der Waals surface area contributed by atoms with E-state index < -0.39 is 29.2 Å². The Morgan fingerprint density at radius 3 is 2.63 bits per heavy atom. The number of ether oxygens (including phenoxy) is 4. The number of alkyl halides is 3.